The number of para-hydroxylation sites is 2. The summed E-state index contributed by atoms with van der Waals surface area (Å²) in [6.45, 7) is 5.94. The zero-order valence-electron chi connectivity index (χ0n) is 14.5. The van der Waals surface area contributed by atoms with Crippen LogP contribution >= 0.6 is 0 Å². The number of hydrogen-bond acceptors (Lipinski definition) is 4. The topological polar surface area (TPSA) is 71.5 Å². The van der Waals surface area contributed by atoms with Gasteiger partial charge in [0.25, 0.3) is 5.91 Å². The largest absolute Gasteiger partial charge is 0.489 e. The van der Waals surface area contributed by atoms with Gasteiger partial charge in [-0.1, -0.05) is 19.1 Å². The zero-order valence-corrected chi connectivity index (χ0v) is 14.5. The molecule has 25 heavy (non-hydrogen) atoms. The third-order valence-corrected chi connectivity index (χ3v) is 3.93. The lowest BCUT2D eigenvalue weighted by Crippen LogP contribution is -2.36. The van der Waals surface area contributed by atoms with Crippen LogP contribution in [0, 0.1) is 5.92 Å². The number of fused-ring (bicyclic) bond motifs is 1. The van der Waals surface area contributed by atoms with Crippen molar-refractivity contribution in [3.8, 4) is 5.75 Å². The Morgan fingerprint density at radius 2 is 2.08 bits per heavy atom. The molecule has 6 nitrogen and oxygen atoms in total. The molecule has 0 spiro atoms. The van der Waals surface area contributed by atoms with Crippen molar-refractivity contribution in [1.82, 2.24) is 4.98 Å². The molecule has 0 bridgehead atoms. The van der Waals surface area contributed by atoms with E-state index >= 15 is 0 Å². The Balaban J connectivity index is 1.97. The van der Waals surface area contributed by atoms with Gasteiger partial charge in [-0.15, -0.1) is 0 Å². The Bertz CT molecular complexity index is 804. The van der Waals surface area contributed by atoms with Crippen molar-refractivity contribution < 1.29 is 14.3 Å². The van der Waals surface area contributed by atoms with Crippen LogP contribution in [-0.4, -0.2) is 29.4 Å². The molecule has 1 N–H and O–H groups in total. The van der Waals surface area contributed by atoms with Crippen molar-refractivity contribution in [1.29, 1.82) is 0 Å². The second-order valence-electron chi connectivity index (χ2n) is 6.40. The van der Waals surface area contributed by atoms with Gasteiger partial charge in [-0.25, -0.2) is 0 Å². The van der Waals surface area contributed by atoms with Gasteiger partial charge in [0.05, 0.1) is 35.2 Å². The highest BCUT2D eigenvalue weighted by Crippen LogP contribution is 2.31. The molecule has 0 radical (unpaired) electrons. The summed E-state index contributed by atoms with van der Waals surface area (Å²) in [5, 5.41) is 2.87. The molecule has 1 unspecified atom stereocenters. The Labute approximate surface area is 146 Å². The molecule has 1 aromatic carbocycles. The Morgan fingerprint density at radius 1 is 1.32 bits per heavy atom. The number of ether oxygens (including phenoxy) is 1. The molecule has 0 saturated heterocycles. The summed E-state index contributed by atoms with van der Waals surface area (Å²) < 4.78 is 5.62. The summed E-state index contributed by atoms with van der Waals surface area (Å²) in [4.78, 5) is 31.0. The number of anilines is 2. The molecular formula is C19H21N3O3. The molecule has 2 heterocycles. The number of hydrogen-bond donors (Lipinski definition) is 1. The number of pyridine rings is 1. The van der Waals surface area contributed by atoms with Crippen LogP contribution in [0.2, 0.25) is 0 Å². The molecule has 1 aliphatic rings. The maximum Gasteiger partial charge on any atom is 0.260 e. The van der Waals surface area contributed by atoms with E-state index in [9.17, 15) is 9.59 Å². The minimum atomic E-state index is -0.320. The summed E-state index contributed by atoms with van der Waals surface area (Å²) in [6.07, 6.45) is 3.09. The van der Waals surface area contributed by atoms with E-state index in [0.29, 0.717) is 29.2 Å². The van der Waals surface area contributed by atoms with Gasteiger partial charge in [0.15, 0.2) is 0 Å². The molecule has 0 aliphatic carbocycles. The first-order valence-electron chi connectivity index (χ1n) is 8.29. The van der Waals surface area contributed by atoms with E-state index in [2.05, 4.69) is 10.3 Å². The lowest BCUT2D eigenvalue weighted by molar-refractivity contribution is -0.119. The maximum absolute atomic E-state index is 13.1. The second kappa shape index (κ2) is 6.93. The molecule has 1 aliphatic heterocycles. The van der Waals surface area contributed by atoms with E-state index in [-0.39, 0.29) is 23.8 Å². The smallest absolute Gasteiger partial charge is 0.260 e. The van der Waals surface area contributed by atoms with Crippen molar-refractivity contribution in [3.05, 3.63) is 48.3 Å². The molecule has 1 aromatic heterocycles. The molecule has 6 heteroatoms. The summed E-state index contributed by atoms with van der Waals surface area (Å²) in [5.74, 6) is -0.0825. The molecule has 3 rings (SSSR count). The van der Waals surface area contributed by atoms with Crippen LogP contribution in [0.15, 0.2) is 42.7 Å². The minimum Gasteiger partial charge on any atom is -0.489 e. The molecule has 2 amide bonds. The van der Waals surface area contributed by atoms with E-state index in [0.717, 1.165) is 0 Å². The van der Waals surface area contributed by atoms with E-state index in [1.807, 2.05) is 32.0 Å². The summed E-state index contributed by atoms with van der Waals surface area (Å²) in [6, 6.07) is 8.98. The third-order valence-electron chi connectivity index (χ3n) is 3.93. The second-order valence-corrected chi connectivity index (χ2v) is 6.40. The fourth-order valence-electron chi connectivity index (χ4n) is 2.75. The van der Waals surface area contributed by atoms with E-state index in [1.54, 1.807) is 30.2 Å². The van der Waals surface area contributed by atoms with Gasteiger partial charge in [-0.05, 0) is 32.0 Å². The number of nitrogens with one attached hydrogen (secondary N) is 1. The van der Waals surface area contributed by atoms with Gasteiger partial charge in [0.2, 0.25) is 5.91 Å². The molecule has 0 saturated carbocycles. The van der Waals surface area contributed by atoms with E-state index < -0.39 is 0 Å². The van der Waals surface area contributed by atoms with Gasteiger partial charge in [-0.3, -0.25) is 14.6 Å². The van der Waals surface area contributed by atoms with Crippen LogP contribution in [0.5, 0.6) is 5.75 Å². The lowest BCUT2D eigenvalue weighted by atomic mass is 10.1. The van der Waals surface area contributed by atoms with Crippen LogP contribution < -0.4 is 15.0 Å². The van der Waals surface area contributed by atoms with E-state index in [4.69, 9.17) is 4.74 Å². The Morgan fingerprint density at radius 3 is 2.84 bits per heavy atom. The molecule has 0 fully saturated rings. The number of amides is 2. The standard InChI is InChI=1S/C19H21N3O3/c1-12(2)25-15-8-14(9-20-10-15)19(24)22-11-13(3)18(23)21-16-6-4-5-7-17(16)22/h4-10,12-13H,11H2,1-3H3,(H,21,23). The van der Waals surface area contributed by atoms with Gasteiger partial charge in [0.1, 0.15) is 5.75 Å². The summed E-state index contributed by atoms with van der Waals surface area (Å²) in [7, 11) is 0. The van der Waals surface area contributed by atoms with Gasteiger partial charge in [0, 0.05) is 12.7 Å². The quantitative estimate of drug-likeness (QED) is 0.933. The SMILES string of the molecule is CC(C)Oc1cncc(C(=O)N2CC(C)C(=O)Nc3ccccc32)c1. The highest BCUT2D eigenvalue weighted by atomic mass is 16.5. The predicted octanol–water partition coefficient (Wildman–Crippen LogP) is 3.10. The number of carbonyl (C=O) groups is 2. The third kappa shape index (κ3) is 3.63. The fraction of sp³-hybridized carbons (Fsp3) is 0.316. The number of rotatable bonds is 3. The average Bonchev–Trinajstić information content (AvgIpc) is 2.71. The molecule has 130 valence electrons. The molecular weight excluding hydrogens is 318 g/mol. The van der Waals surface area contributed by atoms with Crippen molar-refractivity contribution in [3.63, 3.8) is 0 Å². The number of benzene rings is 1. The van der Waals surface area contributed by atoms with Crippen LogP contribution in [0.4, 0.5) is 11.4 Å². The highest BCUT2D eigenvalue weighted by Gasteiger charge is 2.29. The Hall–Kier alpha value is -2.89. The van der Waals surface area contributed by atoms with Crippen molar-refractivity contribution in [2.75, 3.05) is 16.8 Å². The summed E-state index contributed by atoms with van der Waals surface area (Å²) >= 11 is 0. The predicted molar refractivity (Wildman–Crippen MR) is 95.9 cm³/mol. The number of aromatic nitrogens is 1. The van der Waals surface area contributed by atoms with Gasteiger partial charge in [-0.2, -0.15) is 0 Å². The lowest BCUT2D eigenvalue weighted by Gasteiger charge is -2.23. The van der Waals surface area contributed by atoms with Crippen LogP contribution in [0.1, 0.15) is 31.1 Å². The average molecular weight is 339 g/mol. The highest BCUT2D eigenvalue weighted by molar-refractivity contribution is 6.10. The maximum atomic E-state index is 13.1. The first-order chi connectivity index (χ1) is 12.0. The number of nitrogens with zero attached hydrogens (tertiary/aromatic N) is 2. The molecule has 2 aromatic rings. The van der Waals surface area contributed by atoms with Crippen LogP contribution in [-0.2, 0) is 4.79 Å². The normalized spacial score (nSPS) is 16.9. The zero-order chi connectivity index (χ0) is 18.0. The first-order valence-corrected chi connectivity index (χ1v) is 8.29. The van der Waals surface area contributed by atoms with Crippen molar-refractivity contribution >= 4 is 23.2 Å². The monoisotopic (exact) mass is 339 g/mol. The van der Waals surface area contributed by atoms with Crippen molar-refractivity contribution in [2.45, 2.75) is 26.9 Å². The van der Waals surface area contributed by atoms with Crippen molar-refractivity contribution in [2.24, 2.45) is 5.92 Å². The Kier molecular flexibility index (Phi) is 4.70. The van der Waals surface area contributed by atoms with Gasteiger partial charge >= 0.3 is 0 Å². The summed E-state index contributed by atoms with van der Waals surface area (Å²) in [5.41, 5.74) is 1.74. The first kappa shape index (κ1) is 17.0. The number of carbonyl (C=O) groups excluding carboxylic acids is 2. The van der Waals surface area contributed by atoms with E-state index in [1.165, 1.54) is 6.20 Å². The molecule has 1 atom stereocenters. The van der Waals surface area contributed by atoms with Crippen LogP contribution in [0.3, 0.4) is 0 Å². The fourth-order valence-corrected chi connectivity index (χ4v) is 2.75. The van der Waals surface area contributed by atoms with Gasteiger partial charge < -0.3 is 15.0 Å². The minimum absolute atomic E-state index is 0.00657. The van der Waals surface area contributed by atoms with Crippen LogP contribution in [0.25, 0.3) is 0 Å².